The van der Waals surface area contributed by atoms with E-state index in [2.05, 4.69) is 11.9 Å². The van der Waals surface area contributed by atoms with Crippen LogP contribution in [0.25, 0.3) is 0 Å². The summed E-state index contributed by atoms with van der Waals surface area (Å²) in [5.74, 6) is -0.224. The van der Waals surface area contributed by atoms with Crippen LogP contribution >= 0.6 is 7.60 Å². The van der Waals surface area contributed by atoms with Gasteiger partial charge in [0.05, 0.1) is 5.66 Å². The lowest BCUT2D eigenvalue weighted by Crippen LogP contribution is -2.21. The van der Waals surface area contributed by atoms with E-state index in [1.54, 1.807) is 0 Å². The van der Waals surface area contributed by atoms with E-state index < -0.39 is 13.3 Å². The van der Waals surface area contributed by atoms with Crippen LogP contribution in [0.2, 0.25) is 0 Å². The molecule has 0 fully saturated rings. The highest BCUT2D eigenvalue weighted by molar-refractivity contribution is 7.52. The number of amides is 1. The molecule has 0 aliphatic carbocycles. The summed E-state index contributed by atoms with van der Waals surface area (Å²) in [6, 6.07) is 0. The van der Waals surface area contributed by atoms with E-state index in [1.807, 2.05) is 0 Å². The van der Waals surface area contributed by atoms with Gasteiger partial charge in [0.2, 0.25) is 5.91 Å². The van der Waals surface area contributed by atoms with E-state index in [0.29, 0.717) is 25.8 Å². The van der Waals surface area contributed by atoms with Gasteiger partial charge in [0.1, 0.15) is 0 Å². The first-order chi connectivity index (χ1) is 6.88. The summed E-state index contributed by atoms with van der Waals surface area (Å²) >= 11 is 0. The maximum absolute atomic E-state index is 10.8. The predicted molar refractivity (Wildman–Crippen MR) is 58.6 cm³/mol. The Morgan fingerprint density at radius 1 is 1.53 bits per heavy atom. The Kier molecular flexibility index (Phi) is 6.48. The number of rotatable bonds is 7. The summed E-state index contributed by atoms with van der Waals surface area (Å²) < 4.78 is 10.8. The summed E-state index contributed by atoms with van der Waals surface area (Å²) in [6.07, 6.45) is 3.06. The first kappa shape index (κ1) is 14.4. The summed E-state index contributed by atoms with van der Waals surface area (Å²) in [4.78, 5) is 28.3. The molecular weight excluding hydrogens is 217 g/mol. The number of nitrogens with one attached hydrogen (secondary N) is 1. The Hall–Kier alpha value is -0.640. The standard InChI is InChI=1S/C9H18NO4P/c1-3-9(11)10-7-5-4-6-8(2)15(12,13)14/h3,8H,1,4-7H2,2H3,(H,10,11)(H2,12,13,14). The van der Waals surface area contributed by atoms with Gasteiger partial charge in [-0.25, -0.2) is 0 Å². The molecule has 0 bridgehead atoms. The SMILES string of the molecule is C=CC(=O)NCCCCC(C)P(=O)(O)O. The van der Waals surface area contributed by atoms with Crippen LogP contribution in [0, 0.1) is 0 Å². The second-order valence-electron chi connectivity index (χ2n) is 3.43. The van der Waals surface area contributed by atoms with E-state index in [0.717, 1.165) is 0 Å². The zero-order valence-corrected chi connectivity index (χ0v) is 9.74. The molecular formula is C9H18NO4P. The number of hydrogen-bond acceptors (Lipinski definition) is 2. The minimum absolute atomic E-state index is 0.224. The molecule has 5 nitrogen and oxygen atoms in total. The molecule has 1 unspecified atom stereocenters. The molecule has 0 rings (SSSR count). The van der Waals surface area contributed by atoms with E-state index in [9.17, 15) is 9.36 Å². The molecule has 1 amide bonds. The zero-order valence-electron chi connectivity index (χ0n) is 8.85. The van der Waals surface area contributed by atoms with Crippen molar-refractivity contribution in [2.75, 3.05) is 6.54 Å². The van der Waals surface area contributed by atoms with E-state index in [4.69, 9.17) is 9.79 Å². The van der Waals surface area contributed by atoms with Crippen molar-refractivity contribution < 1.29 is 19.1 Å². The molecule has 0 spiro atoms. The number of hydrogen-bond donors (Lipinski definition) is 3. The molecule has 0 heterocycles. The summed E-state index contributed by atoms with van der Waals surface area (Å²) in [5.41, 5.74) is -0.604. The molecule has 0 saturated heterocycles. The van der Waals surface area contributed by atoms with E-state index in [1.165, 1.54) is 13.0 Å². The van der Waals surface area contributed by atoms with Crippen LogP contribution in [0.4, 0.5) is 0 Å². The van der Waals surface area contributed by atoms with Crippen molar-refractivity contribution >= 4 is 13.5 Å². The van der Waals surface area contributed by atoms with Crippen LogP contribution in [0.1, 0.15) is 26.2 Å². The quantitative estimate of drug-likeness (QED) is 0.349. The highest BCUT2D eigenvalue weighted by atomic mass is 31.2. The van der Waals surface area contributed by atoms with Gasteiger partial charge in [0.25, 0.3) is 0 Å². The van der Waals surface area contributed by atoms with Crippen LogP contribution in [0.3, 0.4) is 0 Å². The fourth-order valence-electron chi connectivity index (χ4n) is 1.02. The van der Waals surface area contributed by atoms with Crippen LogP contribution in [-0.4, -0.2) is 27.9 Å². The smallest absolute Gasteiger partial charge is 0.328 e. The topological polar surface area (TPSA) is 86.6 Å². The Bertz CT molecular complexity index is 261. The molecule has 3 N–H and O–H groups in total. The summed E-state index contributed by atoms with van der Waals surface area (Å²) in [5, 5.41) is 2.59. The molecule has 88 valence electrons. The van der Waals surface area contributed by atoms with Gasteiger partial charge in [-0.2, -0.15) is 0 Å². The lowest BCUT2D eigenvalue weighted by atomic mass is 10.2. The van der Waals surface area contributed by atoms with Gasteiger partial charge >= 0.3 is 7.60 Å². The predicted octanol–water partition coefficient (Wildman–Crippen LogP) is 1.03. The monoisotopic (exact) mass is 235 g/mol. The fraction of sp³-hybridized carbons (Fsp3) is 0.667. The fourth-order valence-corrected chi connectivity index (χ4v) is 1.54. The van der Waals surface area contributed by atoms with Crippen molar-refractivity contribution in [3.63, 3.8) is 0 Å². The number of carbonyl (C=O) groups is 1. The summed E-state index contributed by atoms with van der Waals surface area (Å²) in [6.45, 7) is 5.35. The molecule has 15 heavy (non-hydrogen) atoms. The van der Waals surface area contributed by atoms with Crippen LogP contribution in [-0.2, 0) is 9.36 Å². The minimum atomic E-state index is -3.93. The van der Waals surface area contributed by atoms with Gasteiger partial charge in [0, 0.05) is 6.54 Å². The van der Waals surface area contributed by atoms with E-state index in [-0.39, 0.29) is 5.91 Å². The summed E-state index contributed by atoms with van der Waals surface area (Å²) in [7, 11) is -3.93. The van der Waals surface area contributed by atoms with Crippen molar-refractivity contribution in [2.24, 2.45) is 0 Å². The molecule has 0 saturated carbocycles. The average Bonchev–Trinajstić information content (AvgIpc) is 2.15. The third-order valence-electron chi connectivity index (χ3n) is 2.11. The maximum atomic E-state index is 10.8. The molecule has 1 atom stereocenters. The lowest BCUT2D eigenvalue weighted by Gasteiger charge is -2.12. The first-order valence-corrected chi connectivity index (χ1v) is 6.51. The number of carbonyl (C=O) groups excluding carboxylic acids is 1. The van der Waals surface area contributed by atoms with E-state index >= 15 is 0 Å². The van der Waals surface area contributed by atoms with Crippen molar-refractivity contribution in [3.8, 4) is 0 Å². The van der Waals surface area contributed by atoms with Gasteiger partial charge in [-0.1, -0.05) is 19.9 Å². The zero-order chi connectivity index (χ0) is 11.9. The van der Waals surface area contributed by atoms with Gasteiger partial charge in [-0.3, -0.25) is 9.36 Å². The second-order valence-corrected chi connectivity index (χ2v) is 5.49. The average molecular weight is 235 g/mol. The molecule has 0 aliphatic rings. The van der Waals surface area contributed by atoms with Gasteiger partial charge in [0.15, 0.2) is 0 Å². The van der Waals surface area contributed by atoms with Crippen LogP contribution in [0.15, 0.2) is 12.7 Å². The Balaban J connectivity index is 3.51. The molecule has 0 aromatic heterocycles. The van der Waals surface area contributed by atoms with Gasteiger partial charge in [-0.05, 0) is 18.9 Å². The van der Waals surface area contributed by atoms with Gasteiger partial charge in [-0.15, -0.1) is 0 Å². The molecule has 0 aromatic carbocycles. The Morgan fingerprint density at radius 3 is 2.60 bits per heavy atom. The normalized spacial score (nSPS) is 13.3. The number of unbranched alkanes of at least 4 members (excludes halogenated alkanes) is 1. The molecule has 0 aromatic rings. The second kappa shape index (κ2) is 6.77. The Labute approximate surface area is 89.7 Å². The van der Waals surface area contributed by atoms with Crippen molar-refractivity contribution in [1.29, 1.82) is 0 Å². The lowest BCUT2D eigenvalue weighted by molar-refractivity contribution is -0.116. The maximum Gasteiger partial charge on any atom is 0.328 e. The molecule has 0 aliphatic heterocycles. The Morgan fingerprint density at radius 2 is 2.13 bits per heavy atom. The third kappa shape index (κ3) is 7.31. The first-order valence-electron chi connectivity index (χ1n) is 4.83. The van der Waals surface area contributed by atoms with Crippen molar-refractivity contribution in [2.45, 2.75) is 31.8 Å². The van der Waals surface area contributed by atoms with Crippen molar-refractivity contribution in [3.05, 3.63) is 12.7 Å². The largest absolute Gasteiger partial charge is 0.353 e. The van der Waals surface area contributed by atoms with Crippen molar-refractivity contribution in [1.82, 2.24) is 5.32 Å². The van der Waals surface area contributed by atoms with Crippen LogP contribution in [0.5, 0.6) is 0 Å². The van der Waals surface area contributed by atoms with Gasteiger partial charge < -0.3 is 15.1 Å². The molecule has 6 heteroatoms. The highest BCUT2D eigenvalue weighted by Gasteiger charge is 2.22. The minimum Gasteiger partial charge on any atom is -0.353 e. The van der Waals surface area contributed by atoms with Crippen LogP contribution < -0.4 is 5.32 Å². The molecule has 0 radical (unpaired) electrons. The third-order valence-corrected chi connectivity index (χ3v) is 3.51. The highest BCUT2D eigenvalue weighted by Crippen LogP contribution is 2.43.